The molecule has 0 unspecified atom stereocenters. The van der Waals surface area contributed by atoms with Crippen LogP contribution in [0, 0.1) is 0 Å². The van der Waals surface area contributed by atoms with Gasteiger partial charge in [0.2, 0.25) is 0 Å². The lowest BCUT2D eigenvalue weighted by atomic mass is 10.2. The third-order valence-corrected chi connectivity index (χ3v) is 5.23. The maximum atomic E-state index is 12.3. The van der Waals surface area contributed by atoms with Gasteiger partial charge in [-0.3, -0.25) is 0 Å². The summed E-state index contributed by atoms with van der Waals surface area (Å²) < 4.78 is 58.2. The van der Waals surface area contributed by atoms with E-state index in [1.807, 2.05) is 0 Å². The Kier molecular flexibility index (Phi) is 4.36. The maximum absolute atomic E-state index is 12.3. The molecule has 0 N–H and O–H groups in total. The SMILES string of the molecule is O=S(=O)(c1cccc(OC(F)F)c1)C1CCOCC1. The Hall–Kier alpha value is -1.21. The predicted molar refractivity (Wildman–Crippen MR) is 64.1 cm³/mol. The van der Waals surface area contributed by atoms with Gasteiger partial charge < -0.3 is 9.47 Å². The van der Waals surface area contributed by atoms with E-state index in [4.69, 9.17) is 4.74 Å². The molecule has 0 aromatic heterocycles. The largest absolute Gasteiger partial charge is 0.435 e. The van der Waals surface area contributed by atoms with E-state index in [0.717, 1.165) is 6.07 Å². The van der Waals surface area contributed by atoms with E-state index >= 15 is 0 Å². The van der Waals surface area contributed by atoms with Gasteiger partial charge in [-0.15, -0.1) is 0 Å². The van der Waals surface area contributed by atoms with Crippen LogP contribution in [0.4, 0.5) is 8.78 Å². The molecule has 1 fully saturated rings. The van der Waals surface area contributed by atoms with Crippen LogP contribution < -0.4 is 4.74 Å². The molecule has 0 radical (unpaired) electrons. The Morgan fingerprint density at radius 2 is 1.95 bits per heavy atom. The van der Waals surface area contributed by atoms with E-state index < -0.39 is 21.7 Å². The molecular formula is C12H14F2O4S. The summed E-state index contributed by atoms with van der Waals surface area (Å²) in [5.74, 6) is -0.150. The van der Waals surface area contributed by atoms with Crippen LogP contribution in [0.2, 0.25) is 0 Å². The molecule has 0 aliphatic carbocycles. The summed E-state index contributed by atoms with van der Waals surface area (Å²) in [6.45, 7) is -2.17. The van der Waals surface area contributed by atoms with Crippen molar-refractivity contribution in [2.45, 2.75) is 29.6 Å². The Morgan fingerprint density at radius 1 is 1.26 bits per heavy atom. The molecule has 0 bridgehead atoms. The zero-order valence-electron chi connectivity index (χ0n) is 10.1. The summed E-state index contributed by atoms with van der Waals surface area (Å²) in [4.78, 5) is 0.0116. The van der Waals surface area contributed by atoms with Crippen molar-refractivity contribution in [1.82, 2.24) is 0 Å². The average Bonchev–Trinajstić information content (AvgIpc) is 2.39. The minimum atomic E-state index is -3.53. The second-order valence-electron chi connectivity index (χ2n) is 4.21. The van der Waals surface area contributed by atoms with Crippen LogP contribution in [0.1, 0.15) is 12.8 Å². The first-order chi connectivity index (χ1) is 9.00. The van der Waals surface area contributed by atoms with Crippen molar-refractivity contribution < 1.29 is 26.7 Å². The highest BCUT2D eigenvalue weighted by molar-refractivity contribution is 7.92. The molecule has 19 heavy (non-hydrogen) atoms. The highest BCUT2D eigenvalue weighted by Gasteiger charge is 2.29. The second-order valence-corrected chi connectivity index (χ2v) is 6.44. The van der Waals surface area contributed by atoms with Crippen molar-refractivity contribution in [3.63, 3.8) is 0 Å². The molecule has 0 saturated carbocycles. The van der Waals surface area contributed by atoms with Crippen LogP contribution in [-0.2, 0) is 14.6 Å². The summed E-state index contributed by atoms with van der Waals surface area (Å²) >= 11 is 0. The smallest absolute Gasteiger partial charge is 0.387 e. The van der Waals surface area contributed by atoms with E-state index in [1.54, 1.807) is 0 Å². The number of halogens is 2. The highest BCUT2D eigenvalue weighted by Crippen LogP contribution is 2.26. The van der Waals surface area contributed by atoms with E-state index in [-0.39, 0.29) is 10.6 Å². The van der Waals surface area contributed by atoms with Gasteiger partial charge >= 0.3 is 6.61 Å². The minimum Gasteiger partial charge on any atom is -0.435 e. The van der Waals surface area contributed by atoms with Crippen LogP contribution in [0.25, 0.3) is 0 Å². The van der Waals surface area contributed by atoms with Gasteiger partial charge in [-0.2, -0.15) is 8.78 Å². The lowest BCUT2D eigenvalue weighted by molar-refractivity contribution is -0.0499. The van der Waals surface area contributed by atoms with Crippen molar-refractivity contribution in [3.05, 3.63) is 24.3 Å². The van der Waals surface area contributed by atoms with Gasteiger partial charge in [0.1, 0.15) is 5.75 Å². The molecule has 2 rings (SSSR count). The van der Waals surface area contributed by atoms with Gasteiger partial charge in [0.05, 0.1) is 10.1 Å². The zero-order chi connectivity index (χ0) is 13.9. The number of hydrogen-bond donors (Lipinski definition) is 0. The molecule has 0 amide bonds. The summed E-state index contributed by atoms with van der Waals surface area (Å²) in [6.07, 6.45) is 0.838. The van der Waals surface area contributed by atoms with Crippen LogP contribution in [0.3, 0.4) is 0 Å². The molecule has 1 saturated heterocycles. The third-order valence-electron chi connectivity index (χ3n) is 2.97. The van der Waals surface area contributed by atoms with Crippen molar-refractivity contribution in [1.29, 1.82) is 0 Å². The van der Waals surface area contributed by atoms with Crippen LogP contribution >= 0.6 is 0 Å². The first-order valence-electron chi connectivity index (χ1n) is 5.86. The van der Waals surface area contributed by atoms with E-state index in [1.165, 1.54) is 18.2 Å². The fourth-order valence-electron chi connectivity index (χ4n) is 2.01. The number of alkyl halides is 2. The molecule has 1 aromatic carbocycles. The van der Waals surface area contributed by atoms with Gasteiger partial charge in [0, 0.05) is 13.2 Å². The first-order valence-corrected chi connectivity index (χ1v) is 7.41. The summed E-state index contributed by atoms with van der Waals surface area (Å²) in [7, 11) is -3.53. The zero-order valence-corrected chi connectivity index (χ0v) is 10.9. The standard InChI is InChI=1S/C12H14F2O4S/c13-12(14)18-9-2-1-3-11(8-9)19(15,16)10-4-6-17-7-5-10/h1-3,8,10,12H,4-7H2. The van der Waals surface area contributed by atoms with Crippen molar-refractivity contribution in [2.24, 2.45) is 0 Å². The van der Waals surface area contributed by atoms with Crippen LogP contribution in [0.5, 0.6) is 5.75 Å². The predicted octanol–water partition coefficient (Wildman–Crippen LogP) is 2.24. The normalized spacial score (nSPS) is 17.6. The molecule has 1 aromatic rings. The second kappa shape index (κ2) is 5.83. The Labute approximate surface area is 110 Å². The molecule has 1 aliphatic rings. The number of hydrogen-bond acceptors (Lipinski definition) is 4. The molecule has 0 spiro atoms. The van der Waals surface area contributed by atoms with Crippen LogP contribution in [-0.4, -0.2) is 33.5 Å². The third kappa shape index (κ3) is 3.42. The van der Waals surface area contributed by atoms with E-state index in [2.05, 4.69) is 4.74 Å². The Morgan fingerprint density at radius 3 is 2.58 bits per heavy atom. The maximum Gasteiger partial charge on any atom is 0.387 e. The van der Waals surface area contributed by atoms with Crippen LogP contribution in [0.15, 0.2) is 29.2 Å². The molecule has 1 heterocycles. The fraction of sp³-hybridized carbons (Fsp3) is 0.500. The van der Waals surface area contributed by atoms with Gasteiger partial charge in [-0.25, -0.2) is 8.42 Å². The molecule has 1 aliphatic heterocycles. The molecule has 4 nitrogen and oxygen atoms in total. The van der Waals surface area contributed by atoms with Gasteiger partial charge in [0.15, 0.2) is 9.84 Å². The lowest BCUT2D eigenvalue weighted by Gasteiger charge is -2.22. The van der Waals surface area contributed by atoms with Crippen molar-refractivity contribution in [3.8, 4) is 5.75 Å². The lowest BCUT2D eigenvalue weighted by Crippen LogP contribution is -2.28. The monoisotopic (exact) mass is 292 g/mol. The topological polar surface area (TPSA) is 52.6 Å². The molecule has 0 atom stereocenters. The molecule has 106 valence electrons. The minimum absolute atomic E-state index is 0.0116. The average molecular weight is 292 g/mol. The van der Waals surface area contributed by atoms with Crippen molar-refractivity contribution in [2.75, 3.05) is 13.2 Å². The number of sulfone groups is 1. The van der Waals surface area contributed by atoms with Gasteiger partial charge in [-0.1, -0.05) is 6.07 Å². The highest BCUT2D eigenvalue weighted by atomic mass is 32.2. The Balaban J connectivity index is 2.24. The number of ether oxygens (including phenoxy) is 2. The van der Waals surface area contributed by atoms with Crippen molar-refractivity contribution >= 4 is 9.84 Å². The fourth-order valence-corrected chi connectivity index (χ4v) is 3.75. The van der Waals surface area contributed by atoms with Gasteiger partial charge in [-0.05, 0) is 31.0 Å². The van der Waals surface area contributed by atoms with E-state index in [9.17, 15) is 17.2 Å². The first kappa shape index (κ1) is 14.2. The summed E-state index contributed by atoms with van der Waals surface area (Å²) in [5.41, 5.74) is 0. The van der Waals surface area contributed by atoms with Gasteiger partial charge in [0.25, 0.3) is 0 Å². The molecular weight excluding hydrogens is 278 g/mol. The summed E-state index contributed by atoms with van der Waals surface area (Å²) in [6, 6.07) is 5.22. The summed E-state index contributed by atoms with van der Waals surface area (Å²) in [5, 5.41) is -0.525. The number of benzene rings is 1. The Bertz CT molecular complexity index is 524. The quantitative estimate of drug-likeness (QED) is 0.854. The van der Waals surface area contributed by atoms with E-state index in [0.29, 0.717) is 26.1 Å². The number of rotatable bonds is 4. The molecule has 7 heteroatoms.